The van der Waals surface area contributed by atoms with Crippen LogP contribution >= 0.6 is 0 Å². The summed E-state index contributed by atoms with van der Waals surface area (Å²) >= 11 is 0. The van der Waals surface area contributed by atoms with E-state index >= 15 is 0 Å². The number of rotatable bonds is 6. The first-order valence-electron chi connectivity index (χ1n) is 10.5. The van der Waals surface area contributed by atoms with Gasteiger partial charge in [-0.15, -0.1) is 10.2 Å². The van der Waals surface area contributed by atoms with Crippen molar-refractivity contribution in [2.75, 3.05) is 26.4 Å². The van der Waals surface area contributed by atoms with Crippen LogP contribution in [0, 0.1) is 6.92 Å². The fourth-order valence-electron chi connectivity index (χ4n) is 5.00. The largest absolute Gasteiger partial charge is 0.425 e. The maximum atomic E-state index is 5.91. The van der Waals surface area contributed by atoms with Crippen LogP contribution in [0.1, 0.15) is 72.9 Å². The highest BCUT2D eigenvalue weighted by molar-refractivity contribution is 5.69. The predicted molar refractivity (Wildman–Crippen MR) is 106 cm³/mol. The lowest BCUT2D eigenvalue weighted by Gasteiger charge is -2.26. The monoisotopic (exact) mass is 380 g/mol. The van der Waals surface area contributed by atoms with Gasteiger partial charge >= 0.3 is 0 Å². The summed E-state index contributed by atoms with van der Waals surface area (Å²) < 4.78 is 17.3. The van der Waals surface area contributed by atoms with Gasteiger partial charge in [-0.05, 0) is 60.8 Å². The molecule has 2 heterocycles. The van der Waals surface area contributed by atoms with Gasteiger partial charge in [0.1, 0.15) is 0 Å². The first-order chi connectivity index (χ1) is 13.7. The molecule has 2 aromatic rings. The van der Waals surface area contributed by atoms with Gasteiger partial charge in [0.25, 0.3) is 0 Å². The molecule has 3 aliphatic rings. The van der Waals surface area contributed by atoms with Crippen molar-refractivity contribution >= 4 is 6.08 Å². The minimum Gasteiger partial charge on any atom is -0.425 e. The Morgan fingerprint density at radius 1 is 1.18 bits per heavy atom. The summed E-state index contributed by atoms with van der Waals surface area (Å²) in [6.45, 7) is 7.05. The zero-order valence-electron chi connectivity index (χ0n) is 16.7. The standard InChI is InChI=1S/C23H28N2O3/c1-3-26-14-19-13-18-12-17(16-6-10-27-11-7-16)4-5-20(18)21(19)23(8-9-23)22-25-24-15(2)28-22/h4-5,12-13,16,21H,3,6-11,14H2,1-2H3. The van der Waals surface area contributed by atoms with E-state index in [0.29, 0.717) is 18.4 Å². The van der Waals surface area contributed by atoms with Crippen molar-refractivity contribution in [3.8, 4) is 0 Å². The molecule has 0 amide bonds. The molecule has 5 rings (SSSR count). The van der Waals surface area contributed by atoms with Crippen molar-refractivity contribution < 1.29 is 13.9 Å². The summed E-state index contributed by atoms with van der Waals surface area (Å²) in [6.07, 6.45) is 6.75. The van der Waals surface area contributed by atoms with Crippen molar-refractivity contribution in [2.45, 2.75) is 56.8 Å². The number of ether oxygens (including phenoxy) is 2. The lowest BCUT2D eigenvalue weighted by atomic mass is 9.79. The molecule has 2 aliphatic carbocycles. The van der Waals surface area contributed by atoms with Crippen molar-refractivity contribution in [3.05, 3.63) is 52.2 Å². The molecule has 148 valence electrons. The summed E-state index contributed by atoms with van der Waals surface area (Å²) in [7, 11) is 0. The Kier molecular flexibility index (Phi) is 4.60. The van der Waals surface area contributed by atoms with Gasteiger partial charge in [0, 0.05) is 32.7 Å². The highest BCUT2D eigenvalue weighted by Crippen LogP contribution is 2.62. The van der Waals surface area contributed by atoms with E-state index in [2.05, 4.69) is 41.4 Å². The van der Waals surface area contributed by atoms with Gasteiger partial charge in [0.05, 0.1) is 12.0 Å². The molecule has 2 fully saturated rings. The van der Waals surface area contributed by atoms with Crippen molar-refractivity contribution in [1.82, 2.24) is 10.2 Å². The summed E-state index contributed by atoms with van der Waals surface area (Å²) in [6, 6.07) is 7.06. The molecule has 0 bridgehead atoms. The molecule has 1 atom stereocenters. The Morgan fingerprint density at radius 3 is 2.68 bits per heavy atom. The Labute approximate surface area is 166 Å². The molecule has 0 N–H and O–H groups in total. The number of aryl methyl sites for hydroxylation is 1. The molecular formula is C23H28N2O3. The van der Waals surface area contributed by atoms with Gasteiger partial charge in [0.2, 0.25) is 11.8 Å². The van der Waals surface area contributed by atoms with Crippen LogP contribution in [0.25, 0.3) is 6.08 Å². The van der Waals surface area contributed by atoms with Crippen molar-refractivity contribution in [3.63, 3.8) is 0 Å². The fraction of sp³-hybridized carbons (Fsp3) is 0.565. The number of hydrogen-bond donors (Lipinski definition) is 0. The van der Waals surface area contributed by atoms with E-state index in [4.69, 9.17) is 13.9 Å². The number of benzene rings is 1. The average molecular weight is 380 g/mol. The van der Waals surface area contributed by atoms with Gasteiger partial charge in [-0.25, -0.2) is 0 Å². The van der Waals surface area contributed by atoms with E-state index in [-0.39, 0.29) is 11.3 Å². The first kappa shape index (κ1) is 18.1. The molecule has 1 aliphatic heterocycles. The quantitative estimate of drug-likeness (QED) is 0.737. The molecule has 5 nitrogen and oxygen atoms in total. The third-order valence-corrected chi connectivity index (χ3v) is 6.59. The number of fused-ring (bicyclic) bond motifs is 1. The van der Waals surface area contributed by atoms with Crippen LogP contribution in [0.2, 0.25) is 0 Å². The number of nitrogens with zero attached hydrogens (tertiary/aromatic N) is 2. The van der Waals surface area contributed by atoms with E-state index < -0.39 is 0 Å². The first-order valence-corrected chi connectivity index (χ1v) is 10.5. The molecular weight excluding hydrogens is 352 g/mol. The van der Waals surface area contributed by atoms with Crippen LogP contribution < -0.4 is 0 Å². The maximum absolute atomic E-state index is 5.91. The summed E-state index contributed by atoms with van der Waals surface area (Å²) in [4.78, 5) is 0. The third kappa shape index (κ3) is 3.01. The second-order valence-corrected chi connectivity index (χ2v) is 8.35. The van der Waals surface area contributed by atoms with E-state index in [1.807, 2.05) is 6.92 Å². The molecule has 28 heavy (non-hydrogen) atoms. The maximum Gasteiger partial charge on any atom is 0.223 e. The van der Waals surface area contributed by atoms with Crippen LogP contribution in [0.4, 0.5) is 0 Å². The molecule has 0 radical (unpaired) electrons. The van der Waals surface area contributed by atoms with Gasteiger partial charge in [0.15, 0.2) is 0 Å². The second kappa shape index (κ2) is 7.12. The molecule has 1 unspecified atom stereocenters. The minimum atomic E-state index is -0.0599. The van der Waals surface area contributed by atoms with Gasteiger partial charge in [-0.2, -0.15) is 0 Å². The lowest BCUT2D eigenvalue weighted by molar-refractivity contribution is 0.0853. The summed E-state index contributed by atoms with van der Waals surface area (Å²) in [5, 5.41) is 8.51. The second-order valence-electron chi connectivity index (χ2n) is 8.35. The third-order valence-electron chi connectivity index (χ3n) is 6.59. The van der Waals surface area contributed by atoms with E-state index in [1.165, 1.54) is 22.3 Å². The highest BCUT2D eigenvalue weighted by atomic mass is 16.5. The van der Waals surface area contributed by atoms with Crippen molar-refractivity contribution in [2.24, 2.45) is 0 Å². The Bertz CT molecular complexity index is 891. The van der Waals surface area contributed by atoms with Crippen LogP contribution in [0.3, 0.4) is 0 Å². The molecule has 1 saturated carbocycles. The Hall–Kier alpha value is -1.98. The van der Waals surface area contributed by atoms with Crippen LogP contribution in [-0.4, -0.2) is 36.6 Å². The zero-order chi connectivity index (χ0) is 19.1. The van der Waals surface area contributed by atoms with E-state index in [9.17, 15) is 0 Å². The zero-order valence-corrected chi connectivity index (χ0v) is 16.7. The molecule has 5 heteroatoms. The molecule has 1 aromatic heterocycles. The molecule has 1 aromatic carbocycles. The number of aromatic nitrogens is 2. The molecule has 1 saturated heterocycles. The normalized spacial score (nSPS) is 23.5. The van der Waals surface area contributed by atoms with Gasteiger partial charge < -0.3 is 13.9 Å². The lowest BCUT2D eigenvalue weighted by Crippen LogP contribution is -2.22. The van der Waals surface area contributed by atoms with Crippen LogP contribution in [-0.2, 0) is 14.9 Å². The topological polar surface area (TPSA) is 57.4 Å². The van der Waals surface area contributed by atoms with E-state index in [1.54, 1.807) is 0 Å². The Morgan fingerprint density at radius 2 is 2.00 bits per heavy atom. The SMILES string of the molecule is CCOCC1=Cc2cc(C3CCOCC3)ccc2C1C1(c2nnc(C)o2)CC1. The van der Waals surface area contributed by atoms with Gasteiger partial charge in [-0.1, -0.05) is 24.3 Å². The van der Waals surface area contributed by atoms with Crippen LogP contribution in [0.5, 0.6) is 0 Å². The number of hydrogen-bond acceptors (Lipinski definition) is 5. The van der Waals surface area contributed by atoms with Gasteiger partial charge in [-0.3, -0.25) is 0 Å². The highest BCUT2D eigenvalue weighted by Gasteiger charge is 2.57. The fourth-order valence-corrected chi connectivity index (χ4v) is 5.00. The Balaban J connectivity index is 1.51. The summed E-state index contributed by atoms with van der Waals surface area (Å²) in [5.41, 5.74) is 5.45. The van der Waals surface area contributed by atoms with E-state index in [0.717, 1.165) is 51.4 Å². The summed E-state index contributed by atoms with van der Waals surface area (Å²) in [5.74, 6) is 2.32. The molecule has 0 spiro atoms. The minimum absolute atomic E-state index is 0.0599. The smallest absolute Gasteiger partial charge is 0.223 e. The predicted octanol–water partition coefficient (Wildman–Crippen LogP) is 4.52. The van der Waals surface area contributed by atoms with Crippen LogP contribution in [0.15, 0.2) is 28.2 Å². The van der Waals surface area contributed by atoms with Crippen molar-refractivity contribution in [1.29, 1.82) is 0 Å². The average Bonchev–Trinajstić information content (AvgIpc) is 3.25.